The average molecular weight is 779 g/mol. The number of ketones is 2. The summed E-state index contributed by atoms with van der Waals surface area (Å²) in [5, 5.41) is 21.8. The summed E-state index contributed by atoms with van der Waals surface area (Å²) in [6.07, 6.45) is 1.78. The van der Waals surface area contributed by atoms with E-state index in [1.54, 1.807) is 32.2 Å². The van der Waals surface area contributed by atoms with Crippen molar-refractivity contribution >= 4 is 46.4 Å². The molecule has 0 bridgehead atoms. The van der Waals surface area contributed by atoms with E-state index in [1.807, 2.05) is 51.1 Å². The van der Waals surface area contributed by atoms with Gasteiger partial charge in [0.1, 0.15) is 12.8 Å². The predicted molar refractivity (Wildman–Crippen MR) is 205 cm³/mol. The summed E-state index contributed by atoms with van der Waals surface area (Å²) in [5.74, 6) is -3.21. The Morgan fingerprint density at radius 1 is 1.07 bits per heavy atom. The number of unbranched alkanes of at least 4 members (excludes halogenated alkanes) is 1. The van der Waals surface area contributed by atoms with E-state index in [1.165, 1.54) is 23.1 Å². The molecule has 3 saturated carbocycles. The summed E-state index contributed by atoms with van der Waals surface area (Å²) in [4.78, 5) is 54.8. The minimum absolute atomic E-state index is 0.0524. The van der Waals surface area contributed by atoms with Crippen LogP contribution in [-0.2, 0) is 23.9 Å². The molecule has 1 aliphatic heterocycles. The molecule has 2 aromatic carbocycles. The van der Waals surface area contributed by atoms with Crippen LogP contribution >= 0.6 is 11.6 Å². The minimum atomic E-state index is -2.15. The number of alkyl halides is 2. The molecule has 9 nitrogen and oxygen atoms in total. The molecule has 0 radical (unpaired) electrons. The summed E-state index contributed by atoms with van der Waals surface area (Å²) < 4.78 is 37.7. The van der Waals surface area contributed by atoms with Gasteiger partial charge in [0.05, 0.1) is 17.5 Å². The van der Waals surface area contributed by atoms with E-state index in [2.05, 4.69) is 4.99 Å². The Labute approximate surface area is 325 Å². The number of aliphatic imine (C=N–C) groups is 1. The molecule has 2 N–H and O–H groups in total. The molecule has 5 aliphatic rings. The predicted octanol–water partition coefficient (Wildman–Crippen LogP) is 6.94. The van der Waals surface area contributed by atoms with Crippen LogP contribution in [0.3, 0.4) is 0 Å². The van der Waals surface area contributed by atoms with Gasteiger partial charge in [0.15, 0.2) is 17.2 Å². The van der Waals surface area contributed by atoms with Crippen molar-refractivity contribution in [2.45, 2.75) is 90.4 Å². The second kappa shape index (κ2) is 15.5. The van der Waals surface area contributed by atoms with E-state index >= 15 is 8.78 Å². The molecule has 2 aromatic rings. The molecule has 294 valence electrons. The maximum atomic E-state index is 17.1. The van der Waals surface area contributed by atoms with Crippen LogP contribution < -0.4 is 4.90 Å². The van der Waals surface area contributed by atoms with Crippen LogP contribution in [0.15, 0.2) is 77.3 Å². The van der Waals surface area contributed by atoms with Crippen molar-refractivity contribution in [3.63, 3.8) is 0 Å². The van der Waals surface area contributed by atoms with Gasteiger partial charge in [-0.05, 0) is 85.8 Å². The topological polar surface area (TPSA) is 134 Å². The monoisotopic (exact) mass is 778 g/mol. The Bertz CT molecular complexity index is 1950. The zero-order valence-electron chi connectivity index (χ0n) is 31.8. The number of carbonyl (C=O) groups excluding carboxylic acids is 4. The van der Waals surface area contributed by atoms with Gasteiger partial charge in [-0.3, -0.25) is 19.2 Å². The number of fused-ring (bicyclic) bond motifs is 6. The number of Topliss-reactive ketones (excluding diaryl/α,β-unsaturated/α-hetero) is 1. The highest BCUT2D eigenvalue weighted by atomic mass is 35.5. The first-order chi connectivity index (χ1) is 26.0. The molecule has 10 atom stereocenters. The Kier molecular flexibility index (Phi) is 11.4. The quantitative estimate of drug-likeness (QED) is 0.291. The number of hydrogen-bond donors (Lipinski definition) is 2. The van der Waals surface area contributed by atoms with E-state index in [4.69, 9.17) is 16.3 Å². The highest BCUT2D eigenvalue weighted by Crippen LogP contribution is 2.70. The molecule has 1 amide bonds. The molecular formula is C43H49ClF2N2O7. The molecule has 0 aromatic heterocycles. The normalized spacial score (nSPS) is 34.8. The number of rotatable bonds is 7. The molecule has 3 fully saturated rings. The van der Waals surface area contributed by atoms with Gasteiger partial charge in [-0.1, -0.05) is 75.2 Å². The number of aliphatic hydroxyl groups excluding tert-OH is 2. The number of carbonyl (C=O) groups is 4. The van der Waals surface area contributed by atoms with Gasteiger partial charge in [0.25, 0.3) is 5.91 Å². The highest BCUT2D eigenvalue weighted by molar-refractivity contribution is 6.32. The fourth-order valence-electron chi connectivity index (χ4n) is 10.2. The number of anilines is 1. The van der Waals surface area contributed by atoms with E-state index in [0.717, 1.165) is 17.5 Å². The zero-order chi connectivity index (χ0) is 40.0. The van der Waals surface area contributed by atoms with Gasteiger partial charge >= 0.3 is 5.97 Å². The number of benzene rings is 2. The van der Waals surface area contributed by atoms with E-state index < -0.39 is 58.7 Å². The molecule has 4 aliphatic carbocycles. The first-order valence-corrected chi connectivity index (χ1v) is 19.4. The number of amides is 1. The highest BCUT2D eigenvalue weighted by Gasteiger charge is 2.73. The number of hydrogen-bond acceptors (Lipinski definition) is 8. The van der Waals surface area contributed by atoms with E-state index in [0.29, 0.717) is 29.3 Å². The minimum Gasteiger partial charge on any atom is -0.458 e. The first kappa shape index (κ1) is 40.6. The third kappa shape index (κ3) is 7.01. The van der Waals surface area contributed by atoms with Gasteiger partial charge < -0.3 is 19.8 Å². The van der Waals surface area contributed by atoms with Crippen molar-refractivity contribution in [2.75, 3.05) is 18.6 Å². The summed E-state index contributed by atoms with van der Waals surface area (Å²) in [7, 11) is 1.61. The van der Waals surface area contributed by atoms with Gasteiger partial charge in [-0.25, -0.2) is 13.8 Å². The maximum Gasteiger partial charge on any atom is 0.306 e. The van der Waals surface area contributed by atoms with Crippen LogP contribution in [0.5, 0.6) is 0 Å². The molecule has 0 saturated heterocycles. The van der Waals surface area contributed by atoms with Crippen molar-refractivity contribution in [1.82, 2.24) is 0 Å². The fraction of sp³-hybridized carbons (Fsp3) is 0.512. The molecule has 1 unspecified atom stereocenters. The zero-order valence-corrected chi connectivity index (χ0v) is 32.6. The van der Waals surface area contributed by atoms with Crippen LogP contribution in [0, 0.1) is 34.5 Å². The number of aliphatic hydroxyl groups is 2. The molecule has 12 heteroatoms. The largest absolute Gasteiger partial charge is 0.458 e. The SMILES string of the molecule is CCCCC(=O)OCC(=O)[C@H]1[C@H](C)C[C@H]2[C@@H]3C[C@H](F)C4=CC(=O)C=C[C@]4(C)[C@@]3(F)[C@@H](O)C[C@@]21C.CN1C(=O)C(O)N=C(c2ccccc2)c2cc(Cl)ccc21. The summed E-state index contributed by atoms with van der Waals surface area (Å²) in [6.45, 7) is 7.03. The van der Waals surface area contributed by atoms with Crippen molar-refractivity contribution in [2.24, 2.45) is 39.5 Å². The number of esters is 1. The summed E-state index contributed by atoms with van der Waals surface area (Å²) in [6, 6.07) is 14.6. The van der Waals surface area contributed by atoms with Gasteiger partial charge in [-0.15, -0.1) is 0 Å². The lowest BCUT2D eigenvalue weighted by atomic mass is 9.45. The molecule has 55 heavy (non-hydrogen) atoms. The second-order valence-corrected chi connectivity index (χ2v) is 16.6. The van der Waals surface area contributed by atoms with Crippen molar-refractivity contribution in [1.29, 1.82) is 0 Å². The number of halogens is 3. The lowest BCUT2D eigenvalue weighted by molar-refractivity contribution is -0.202. The van der Waals surface area contributed by atoms with Crippen LogP contribution in [-0.4, -0.2) is 77.2 Å². The fourth-order valence-corrected chi connectivity index (χ4v) is 10.4. The number of benzodiazepines with no additional fused rings is 1. The Morgan fingerprint density at radius 2 is 1.78 bits per heavy atom. The van der Waals surface area contributed by atoms with Crippen LogP contribution in [0.2, 0.25) is 5.02 Å². The van der Waals surface area contributed by atoms with Gasteiger partial charge in [0, 0.05) is 46.9 Å². The standard InChI is InChI=1S/C27H36F2O5.C16H13ClN2O2/c1-5-6-7-23(33)34-14-21(31)24-15(2)10-17-18-12-20(28)19-11-16(30)8-9-26(19,4)27(18,29)22(32)13-25(17,24)3;1-19-13-8-7-11(17)9-12(13)14(18-15(20)16(19)21)10-5-3-2-4-6-10/h8-9,11,15,17-18,20,22,24,32H,5-7,10,12-14H2,1-4H3;2-9,15,20H,1H3/t15-,17+,18+,20+,22+,24-,25+,26+,27+;/m1./s1. The van der Waals surface area contributed by atoms with Crippen LogP contribution in [0.25, 0.3) is 0 Å². The molecule has 1 heterocycles. The third-order valence-corrected chi connectivity index (χ3v) is 13.1. The number of likely N-dealkylation sites (N-methyl/N-ethyl adjacent to an activating group) is 1. The lowest BCUT2D eigenvalue weighted by Gasteiger charge is -2.62. The van der Waals surface area contributed by atoms with Crippen molar-refractivity contribution in [3.8, 4) is 0 Å². The summed E-state index contributed by atoms with van der Waals surface area (Å²) >= 11 is 6.08. The number of nitrogens with zero attached hydrogens (tertiary/aromatic N) is 2. The van der Waals surface area contributed by atoms with Crippen molar-refractivity contribution < 1.29 is 42.9 Å². The average Bonchev–Trinajstić information content (AvgIpc) is 3.37. The van der Waals surface area contributed by atoms with Gasteiger partial charge in [-0.2, -0.15) is 0 Å². The molecule has 7 rings (SSSR count). The van der Waals surface area contributed by atoms with E-state index in [-0.39, 0.29) is 54.8 Å². The van der Waals surface area contributed by atoms with Gasteiger partial charge in [0.2, 0.25) is 6.23 Å². The van der Waals surface area contributed by atoms with E-state index in [9.17, 15) is 29.4 Å². The Morgan fingerprint density at radius 3 is 2.47 bits per heavy atom. The maximum absolute atomic E-state index is 17.1. The van der Waals surface area contributed by atoms with Crippen LogP contribution in [0.1, 0.15) is 77.3 Å². The summed E-state index contributed by atoms with van der Waals surface area (Å²) in [5.41, 5.74) is -1.44. The number of allylic oxidation sites excluding steroid dienone is 4. The molecule has 0 spiro atoms. The number of ether oxygens (including phenoxy) is 1. The van der Waals surface area contributed by atoms with Crippen LogP contribution in [0.4, 0.5) is 14.5 Å². The lowest BCUT2D eigenvalue weighted by Crippen LogP contribution is -2.68. The third-order valence-electron chi connectivity index (χ3n) is 12.9. The Hall–Kier alpha value is -4.06. The second-order valence-electron chi connectivity index (χ2n) is 16.1. The Balaban J connectivity index is 0.000000209. The molecular weight excluding hydrogens is 730 g/mol. The van der Waals surface area contributed by atoms with Crippen molar-refractivity contribution in [3.05, 3.63) is 88.5 Å². The first-order valence-electron chi connectivity index (χ1n) is 19.0. The smallest absolute Gasteiger partial charge is 0.306 e.